The van der Waals surface area contributed by atoms with Crippen molar-refractivity contribution in [3.05, 3.63) is 35.5 Å². The number of ether oxygens (including phenoxy) is 4. The lowest BCUT2D eigenvalue weighted by molar-refractivity contribution is -0.870. The Morgan fingerprint density at radius 3 is 2.26 bits per heavy atom. The molecule has 0 N–H and O–H groups in total. The molecule has 148 valence electrons. The van der Waals surface area contributed by atoms with E-state index in [1.165, 1.54) is 14.2 Å². The highest BCUT2D eigenvalue weighted by Gasteiger charge is 2.32. The third-order valence-electron chi connectivity index (χ3n) is 4.01. The van der Waals surface area contributed by atoms with Crippen molar-refractivity contribution in [2.24, 2.45) is 0 Å². The third kappa shape index (κ3) is 5.45. The van der Waals surface area contributed by atoms with Gasteiger partial charge in [0.25, 0.3) is 0 Å². The molecule has 0 saturated carbocycles. The van der Waals surface area contributed by atoms with E-state index in [0.717, 1.165) is 16.8 Å². The van der Waals surface area contributed by atoms with Gasteiger partial charge in [-0.1, -0.05) is 0 Å². The minimum atomic E-state index is -0.625. The van der Waals surface area contributed by atoms with Crippen LogP contribution in [0.4, 0.5) is 5.69 Å². The van der Waals surface area contributed by atoms with Crippen molar-refractivity contribution >= 4 is 17.6 Å². The summed E-state index contributed by atoms with van der Waals surface area (Å²) in [7, 11) is 8.82. The Morgan fingerprint density at radius 2 is 1.70 bits per heavy atom. The van der Waals surface area contributed by atoms with Gasteiger partial charge in [-0.15, -0.1) is 0 Å². The molecule has 0 unspecified atom stereocenters. The molecule has 0 fully saturated rings. The Bertz CT molecular complexity index is 706. The standard InChI is InChI=1S/C19H27N2O6/c1-21(2,3)10-11-27-15-8-6-14(7-9-15)20-13-26-12-16(18(22)24-4)17(20)19(23)25-5/h6-9H,10-13H2,1-5H3/q+1. The number of hydrogen-bond donors (Lipinski definition) is 0. The van der Waals surface area contributed by atoms with E-state index in [1.807, 2.05) is 12.1 Å². The Labute approximate surface area is 159 Å². The smallest absolute Gasteiger partial charge is 0.355 e. The third-order valence-corrected chi connectivity index (χ3v) is 4.01. The Morgan fingerprint density at radius 1 is 1.07 bits per heavy atom. The minimum absolute atomic E-state index is 0.0140. The molecule has 0 spiro atoms. The van der Waals surface area contributed by atoms with Gasteiger partial charge in [-0.25, -0.2) is 9.59 Å². The number of quaternary nitrogens is 1. The van der Waals surface area contributed by atoms with Crippen molar-refractivity contribution in [1.82, 2.24) is 0 Å². The molecule has 0 aliphatic carbocycles. The van der Waals surface area contributed by atoms with Crippen LogP contribution in [0.5, 0.6) is 5.75 Å². The summed E-state index contributed by atoms with van der Waals surface area (Å²) in [4.78, 5) is 25.9. The fourth-order valence-electron chi connectivity index (χ4n) is 2.51. The minimum Gasteiger partial charge on any atom is -0.488 e. The molecule has 0 saturated heterocycles. The molecule has 0 atom stereocenters. The Balaban J connectivity index is 2.22. The average molecular weight is 379 g/mol. The zero-order valence-corrected chi connectivity index (χ0v) is 16.5. The monoisotopic (exact) mass is 379 g/mol. The van der Waals surface area contributed by atoms with Crippen molar-refractivity contribution in [3.8, 4) is 5.75 Å². The van der Waals surface area contributed by atoms with Crippen molar-refractivity contribution in [1.29, 1.82) is 0 Å². The maximum absolute atomic E-state index is 12.3. The summed E-state index contributed by atoms with van der Waals surface area (Å²) in [5, 5.41) is 0. The van der Waals surface area contributed by atoms with Crippen LogP contribution in [0.25, 0.3) is 0 Å². The first-order valence-corrected chi connectivity index (χ1v) is 8.55. The lowest BCUT2D eigenvalue weighted by Crippen LogP contribution is -2.38. The first-order chi connectivity index (χ1) is 12.8. The predicted octanol–water partition coefficient (Wildman–Crippen LogP) is 1.17. The van der Waals surface area contributed by atoms with Crippen LogP contribution >= 0.6 is 0 Å². The molecule has 2 rings (SSSR count). The van der Waals surface area contributed by atoms with Gasteiger partial charge in [-0.3, -0.25) is 0 Å². The average Bonchev–Trinajstić information content (AvgIpc) is 2.65. The SMILES string of the molecule is COC(=O)C1=C(C(=O)OC)N(c2ccc(OCC[N+](C)(C)C)cc2)COC1. The summed E-state index contributed by atoms with van der Waals surface area (Å²) in [5.74, 6) is -0.524. The first kappa shape index (κ1) is 20.7. The normalized spacial score (nSPS) is 14.8. The van der Waals surface area contributed by atoms with Crippen LogP contribution in [0.15, 0.2) is 35.5 Å². The van der Waals surface area contributed by atoms with Crippen LogP contribution in [-0.2, 0) is 23.8 Å². The van der Waals surface area contributed by atoms with Gasteiger partial charge in [0.1, 0.15) is 31.3 Å². The molecule has 1 aromatic carbocycles. The molecule has 0 aromatic heterocycles. The van der Waals surface area contributed by atoms with E-state index in [1.54, 1.807) is 17.0 Å². The van der Waals surface area contributed by atoms with Crippen molar-refractivity contribution < 1.29 is 33.0 Å². The Kier molecular flexibility index (Phi) is 6.81. The van der Waals surface area contributed by atoms with Gasteiger partial charge in [0.2, 0.25) is 0 Å². The van der Waals surface area contributed by atoms with Gasteiger partial charge in [0.05, 0.1) is 47.5 Å². The van der Waals surface area contributed by atoms with E-state index in [0.29, 0.717) is 12.3 Å². The summed E-state index contributed by atoms with van der Waals surface area (Å²) < 4.78 is 21.6. The van der Waals surface area contributed by atoms with Gasteiger partial charge in [-0.05, 0) is 24.3 Å². The summed E-state index contributed by atoms with van der Waals surface area (Å²) >= 11 is 0. The van der Waals surface area contributed by atoms with E-state index in [2.05, 4.69) is 21.1 Å². The van der Waals surface area contributed by atoms with Gasteiger partial charge >= 0.3 is 11.9 Å². The highest BCUT2D eigenvalue weighted by atomic mass is 16.5. The summed E-state index contributed by atoms with van der Waals surface area (Å²) in [6.07, 6.45) is 0. The molecule has 0 radical (unpaired) electrons. The molecule has 0 bridgehead atoms. The van der Waals surface area contributed by atoms with Crippen molar-refractivity contribution in [2.75, 3.05) is 66.8 Å². The second-order valence-corrected chi connectivity index (χ2v) is 7.07. The highest BCUT2D eigenvalue weighted by Crippen LogP contribution is 2.28. The zero-order valence-electron chi connectivity index (χ0n) is 16.5. The molecule has 0 amide bonds. The fourth-order valence-corrected chi connectivity index (χ4v) is 2.51. The van der Waals surface area contributed by atoms with Crippen molar-refractivity contribution in [3.63, 3.8) is 0 Å². The van der Waals surface area contributed by atoms with Gasteiger partial charge in [0, 0.05) is 5.69 Å². The topological polar surface area (TPSA) is 74.3 Å². The number of methoxy groups -OCH3 is 2. The molecule has 1 aliphatic heterocycles. The summed E-state index contributed by atoms with van der Waals surface area (Å²) in [6.45, 7) is 1.57. The molecule has 8 nitrogen and oxygen atoms in total. The second-order valence-electron chi connectivity index (χ2n) is 7.07. The molecule has 1 aliphatic rings. The number of hydrogen-bond acceptors (Lipinski definition) is 7. The van der Waals surface area contributed by atoms with E-state index >= 15 is 0 Å². The quantitative estimate of drug-likeness (QED) is 0.520. The molecular formula is C19H27N2O6+. The van der Waals surface area contributed by atoms with Crippen LogP contribution < -0.4 is 9.64 Å². The zero-order chi connectivity index (χ0) is 20.0. The highest BCUT2D eigenvalue weighted by molar-refractivity contribution is 6.03. The Hall–Kier alpha value is -2.58. The van der Waals surface area contributed by atoms with Gasteiger partial charge < -0.3 is 28.3 Å². The van der Waals surface area contributed by atoms with Crippen LogP contribution in [-0.4, -0.2) is 78.3 Å². The summed E-state index contributed by atoms with van der Waals surface area (Å²) in [6, 6.07) is 7.22. The van der Waals surface area contributed by atoms with Crippen LogP contribution in [0, 0.1) is 0 Å². The van der Waals surface area contributed by atoms with E-state index in [9.17, 15) is 9.59 Å². The van der Waals surface area contributed by atoms with Gasteiger partial charge in [0.15, 0.2) is 0 Å². The van der Waals surface area contributed by atoms with Gasteiger partial charge in [-0.2, -0.15) is 0 Å². The number of esters is 2. The fraction of sp³-hybridized carbons (Fsp3) is 0.474. The largest absolute Gasteiger partial charge is 0.488 e. The maximum Gasteiger partial charge on any atom is 0.355 e. The maximum atomic E-state index is 12.3. The van der Waals surface area contributed by atoms with E-state index in [-0.39, 0.29) is 24.6 Å². The molecule has 27 heavy (non-hydrogen) atoms. The molecule has 1 heterocycles. The number of carbonyl (C=O) groups is 2. The molecule has 1 aromatic rings. The molecule has 8 heteroatoms. The van der Waals surface area contributed by atoms with Crippen molar-refractivity contribution in [2.45, 2.75) is 0 Å². The second kappa shape index (κ2) is 8.88. The lowest BCUT2D eigenvalue weighted by atomic mass is 10.1. The number of likely N-dealkylation sites (N-methyl/N-ethyl adjacent to an activating group) is 1. The van der Waals surface area contributed by atoms with E-state index < -0.39 is 11.9 Å². The number of nitrogens with zero attached hydrogens (tertiary/aromatic N) is 2. The predicted molar refractivity (Wildman–Crippen MR) is 99.2 cm³/mol. The number of carbonyl (C=O) groups excluding carboxylic acids is 2. The molecular weight excluding hydrogens is 352 g/mol. The lowest BCUT2D eigenvalue weighted by Gasteiger charge is -2.31. The first-order valence-electron chi connectivity index (χ1n) is 8.55. The number of benzene rings is 1. The summed E-state index contributed by atoms with van der Waals surface area (Å²) in [5.41, 5.74) is 0.920. The number of rotatable bonds is 7. The number of anilines is 1. The van der Waals surface area contributed by atoms with E-state index in [4.69, 9.17) is 18.9 Å². The van der Waals surface area contributed by atoms with Crippen LogP contribution in [0.1, 0.15) is 0 Å². The van der Waals surface area contributed by atoms with Crippen LogP contribution in [0.3, 0.4) is 0 Å². The van der Waals surface area contributed by atoms with Crippen LogP contribution in [0.2, 0.25) is 0 Å².